The number of fused-ring (bicyclic) bond motifs is 2. The number of carbonyl (C=O) groups is 2. The van der Waals surface area contributed by atoms with Gasteiger partial charge in [0, 0.05) is 9.37 Å². The number of nitrogens with zero attached hydrogens (tertiary/aromatic N) is 2. The monoisotopic (exact) mass is 550 g/mol. The maximum atomic E-state index is 13.1. The molecule has 0 fully saturated rings. The third-order valence-corrected chi connectivity index (χ3v) is 8.75. The zero-order chi connectivity index (χ0) is 20.9. The Labute approximate surface area is 197 Å². The number of benzene rings is 2. The summed E-state index contributed by atoms with van der Waals surface area (Å²) in [6, 6.07) is 7.07. The molecule has 0 aliphatic carbocycles. The van der Waals surface area contributed by atoms with E-state index in [1.54, 1.807) is 11.0 Å². The van der Waals surface area contributed by atoms with Crippen LogP contribution < -0.4 is 4.90 Å². The summed E-state index contributed by atoms with van der Waals surface area (Å²) < 4.78 is 1.49. The van der Waals surface area contributed by atoms with Gasteiger partial charge in [-0.05, 0) is 34.1 Å². The Morgan fingerprint density at radius 1 is 1.28 bits per heavy atom. The molecule has 1 atom stereocenters. The summed E-state index contributed by atoms with van der Waals surface area (Å²) in [5.74, 6) is -1.31. The van der Waals surface area contributed by atoms with Crippen LogP contribution in [0.15, 0.2) is 33.6 Å². The molecule has 2 aromatic carbocycles. The number of aromatic nitrogens is 1. The van der Waals surface area contributed by atoms with Crippen molar-refractivity contribution in [2.24, 2.45) is 0 Å². The van der Waals surface area contributed by atoms with E-state index in [4.69, 9.17) is 34.8 Å². The van der Waals surface area contributed by atoms with E-state index in [0.29, 0.717) is 36.0 Å². The third-order valence-electron chi connectivity index (χ3n) is 4.25. The lowest BCUT2D eigenvalue weighted by Crippen LogP contribution is -2.41. The largest absolute Gasteiger partial charge is 0.481 e. The van der Waals surface area contributed by atoms with Crippen LogP contribution in [-0.4, -0.2) is 27.2 Å². The van der Waals surface area contributed by atoms with Gasteiger partial charge in [-0.3, -0.25) is 9.59 Å². The number of amides is 1. The van der Waals surface area contributed by atoms with Crippen molar-refractivity contribution >= 4 is 102 Å². The summed E-state index contributed by atoms with van der Waals surface area (Å²) in [4.78, 5) is 31.2. The lowest BCUT2D eigenvalue weighted by Gasteiger charge is -2.33. The van der Waals surface area contributed by atoms with Crippen molar-refractivity contribution in [2.45, 2.75) is 23.1 Å². The molecule has 0 saturated carbocycles. The number of carboxylic acids is 1. The second-order valence-electron chi connectivity index (χ2n) is 6.16. The topological polar surface area (TPSA) is 70.5 Å². The second-order valence-corrected chi connectivity index (χ2v) is 10.5. The molecule has 0 bridgehead atoms. The Morgan fingerprint density at radius 2 is 2.03 bits per heavy atom. The summed E-state index contributed by atoms with van der Waals surface area (Å²) in [7, 11) is 0. The summed E-state index contributed by atoms with van der Waals surface area (Å²) >= 11 is 24.7. The molecule has 1 aliphatic heterocycles. The average molecular weight is 553 g/mol. The molecule has 0 saturated heterocycles. The third kappa shape index (κ3) is 3.98. The van der Waals surface area contributed by atoms with Crippen molar-refractivity contribution in [2.75, 3.05) is 4.90 Å². The molecular formula is C18H10BrCl3N2O3S2. The molecule has 11 heteroatoms. The standard InChI is InChI=1S/C18H10BrCl3N2O3S2/c19-7-2-1-3-10-16(7)28-11(5-13(25)26)18(27)24(10)6-12-23-15-14(22)8(20)4-9(21)17(15)29-12/h1-4,11H,5-6H2,(H,25,26). The molecule has 5 nitrogen and oxygen atoms in total. The first kappa shape index (κ1) is 21.2. The van der Waals surface area contributed by atoms with E-state index in [2.05, 4.69) is 20.9 Å². The number of thiazole rings is 1. The van der Waals surface area contributed by atoms with Gasteiger partial charge in [0.05, 0.1) is 43.7 Å². The SMILES string of the molecule is O=C(O)CC1Sc2c(Br)cccc2N(Cc2nc3c(Cl)c(Cl)cc(Cl)c3s2)C1=O. The summed E-state index contributed by atoms with van der Waals surface area (Å²) in [6.45, 7) is 0.169. The first-order valence-electron chi connectivity index (χ1n) is 8.17. The summed E-state index contributed by atoms with van der Waals surface area (Å²) in [5, 5.41) is 10.2. The van der Waals surface area contributed by atoms with Crippen molar-refractivity contribution in [3.8, 4) is 0 Å². The Balaban J connectivity index is 1.77. The lowest BCUT2D eigenvalue weighted by atomic mass is 10.2. The molecule has 29 heavy (non-hydrogen) atoms. The molecule has 1 unspecified atom stereocenters. The summed E-state index contributed by atoms with van der Waals surface area (Å²) in [6.07, 6.45) is -0.270. The Hall–Kier alpha value is -1.03. The van der Waals surface area contributed by atoms with E-state index >= 15 is 0 Å². The maximum absolute atomic E-state index is 13.1. The number of rotatable bonds is 4. The smallest absolute Gasteiger partial charge is 0.305 e. The highest BCUT2D eigenvalue weighted by molar-refractivity contribution is 9.10. The van der Waals surface area contributed by atoms with E-state index in [1.807, 2.05) is 18.2 Å². The molecule has 1 aliphatic rings. The van der Waals surface area contributed by atoms with Crippen LogP contribution in [0.2, 0.25) is 15.1 Å². The quantitative estimate of drug-likeness (QED) is 0.374. The Bertz CT molecular complexity index is 1170. The number of hydrogen-bond acceptors (Lipinski definition) is 5. The van der Waals surface area contributed by atoms with Gasteiger partial charge in [-0.1, -0.05) is 40.9 Å². The van der Waals surface area contributed by atoms with Crippen LogP contribution in [0.4, 0.5) is 5.69 Å². The molecule has 2 heterocycles. The van der Waals surface area contributed by atoms with Crippen LogP contribution in [0.3, 0.4) is 0 Å². The number of aliphatic carboxylic acids is 1. The summed E-state index contributed by atoms with van der Waals surface area (Å²) in [5.41, 5.74) is 1.19. The zero-order valence-corrected chi connectivity index (χ0v) is 19.8. The average Bonchev–Trinajstić information content (AvgIpc) is 3.08. The van der Waals surface area contributed by atoms with Gasteiger partial charge in [-0.15, -0.1) is 23.1 Å². The van der Waals surface area contributed by atoms with Crippen molar-refractivity contribution in [1.29, 1.82) is 0 Å². The number of carboxylic acid groups (broad SMARTS) is 1. The van der Waals surface area contributed by atoms with Gasteiger partial charge in [-0.25, -0.2) is 4.98 Å². The van der Waals surface area contributed by atoms with E-state index in [1.165, 1.54) is 23.1 Å². The molecule has 3 aromatic rings. The molecule has 0 spiro atoms. The van der Waals surface area contributed by atoms with Gasteiger partial charge in [-0.2, -0.15) is 0 Å². The van der Waals surface area contributed by atoms with Crippen molar-refractivity contribution in [3.63, 3.8) is 0 Å². The van der Waals surface area contributed by atoms with Gasteiger partial charge < -0.3 is 10.0 Å². The fourth-order valence-corrected chi connectivity index (χ4v) is 6.63. The predicted octanol–water partition coefficient (Wildman–Crippen LogP) is 6.50. The molecule has 4 rings (SSSR count). The van der Waals surface area contributed by atoms with Crippen LogP contribution in [0.25, 0.3) is 10.2 Å². The molecular weight excluding hydrogens is 543 g/mol. The fraction of sp³-hybridized carbons (Fsp3) is 0.167. The van der Waals surface area contributed by atoms with Gasteiger partial charge >= 0.3 is 5.97 Å². The highest BCUT2D eigenvalue weighted by atomic mass is 79.9. The van der Waals surface area contributed by atoms with E-state index in [9.17, 15) is 14.7 Å². The minimum Gasteiger partial charge on any atom is -0.481 e. The number of halogens is 4. The van der Waals surface area contributed by atoms with Gasteiger partial charge in [0.1, 0.15) is 10.5 Å². The number of carbonyl (C=O) groups excluding carboxylic acids is 1. The maximum Gasteiger partial charge on any atom is 0.305 e. The Morgan fingerprint density at radius 3 is 2.76 bits per heavy atom. The van der Waals surface area contributed by atoms with E-state index in [0.717, 1.165) is 9.37 Å². The van der Waals surface area contributed by atoms with E-state index < -0.39 is 11.2 Å². The van der Waals surface area contributed by atoms with Gasteiger partial charge in [0.2, 0.25) is 5.91 Å². The van der Waals surface area contributed by atoms with Crippen LogP contribution >= 0.6 is 73.8 Å². The highest BCUT2D eigenvalue weighted by Crippen LogP contribution is 2.46. The highest BCUT2D eigenvalue weighted by Gasteiger charge is 2.36. The van der Waals surface area contributed by atoms with Gasteiger partial charge in [0.15, 0.2) is 0 Å². The number of thioether (sulfide) groups is 1. The molecule has 0 radical (unpaired) electrons. The lowest BCUT2D eigenvalue weighted by molar-refractivity contribution is -0.138. The molecule has 1 N–H and O–H groups in total. The molecule has 150 valence electrons. The van der Waals surface area contributed by atoms with Crippen molar-refractivity contribution < 1.29 is 14.7 Å². The van der Waals surface area contributed by atoms with Crippen LogP contribution in [-0.2, 0) is 16.1 Å². The first-order valence-corrected chi connectivity index (χ1v) is 11.8. The predicted molar refractivity (Wildman–Crippen MR) is 122 cm³/mol. The zero-order valence-electron chi connectivity index (χ0n) is 14.3. The van der Waals surface area contributed by atoms with Crippen LogP contribution in [0.5, 0.6) is 0 Å². The molecule has 1 aromatic heterocycles. The minimum atomic E-state index is -1.03. The Kier molecular flexibility index (Phi) is 6.03. The number of anilines is 1. The van der Waals surface area contributed by atoms with Crippen molar-refractivity contribution in [1.82, 2.24) is 4.98 Å². The van der Waals surface area contributed by atoms with Crippen LogP contribution in [0, 0.1) is 0 Å². The van der Waals surface area contributed by atoms with Gasteiger partial charge in [0.25, 0.3) is 0 Å². The molecule has 1 amide bonds. The number of hydrogen-bond donors (Lipinski definition) is 1. The minimum absolute atomic E-state index is 0.169. The van der Waals surface area contributed by atoms with Crippen molar-refractivity contribution in [3.05, 3.63) is 48.8 Å². The van der Waals surface area contributed by atoms with E-state index in [-0.39, 0.29) is 18.9 Å². The normalized spacial score (nSPS) is 16.3. The van der Waals surface area contributed by atoms with Crippen LogP contribution in [0.1, 0.15) is 11.4 Å². The fourth-order valence-electron chi connectivity index (χ4n) is 2.99. The first-order chi connectivity index (χ1) is 13.8. The second kappa shape index (κ2) is 8.24.